The van der Waals surface area contributed by atoms with Crippen LogP contribution in [0.3, 0.4) is 0 Å². The second kappa shape index (κ2) is 6.22. The van der Waals surface area contributed by atoms with Crippen LogP contribution in [0.1, 0.15) is 23.2 Å². The highest BCUT2D eigenvalue weighted by Crippen LogP contribution is 2.29. The highest BCUT2D eigenvalue weighted by molar-refractivity contribution is 7.89. The van der Waals surface area contributed by atoms with E-state index in [0.29, 0.717) is 23.9 Å². The normalized spacial score (nSPS) is 18.4. The lowest BCUT2D eigenvalue weighted by Gasteiger charge is -2.23. The number of aromatic amines is 1. The fraction of sp³-hybridized carbons (Fsp3) is 0.222. The van der Waals surface area contributed by atoms with Crippen LogP contribution in [-0.4, -0.2) is 36.1 Å². The summed E-state index contributed by atoms with van der Waals surface area (Å²) in [6, 6.07) is 12.2. The minimum Gasteiger partial charge on any atom is -0.408 e. The standard InChI is InChI=1S/C18H16N2O5S/c21-17(12-5-2-1-3-6-12)15-7-4-10-20(15)26(23,24)13-8-9-14-16(11-13)25-18(22)19-14/h1-3,5-6,8-9,11,15H,4,7,10H2,(H,19,22). The number of carbonyl (C=O) groups is 1. The van der Waals surface area contributed by atoms with Crippen LogP contribution in [0.15, 0.2) is 62.6 Å². The van der Waals surface area contributed by atoms with Crippen molar-refractivity contribution < 1.29 is 17.6 Å². The Morgan fingerprint density at radius 2 is 1.92 bits per heavy atom. The largest absolute Gasteiger partial charge is 0.417 e. The Hall–Kier alpha value is -2.71. The van der Waals surface area contributed by atoms with E-state index in [1.807, 2.05) is 0 Å². The Morgan fingerprint density at radius 3 is 2.69 bits per heavy atom. The van der Waals surface area contributed by atoms with E-state index in [-0.39, 0.29) is 22.8 Å². The van der Waals surface area contributed by atoms with Crippen molar-refractivity contribution in [3.63, 3.8) is 0 Å². The number of ketones is 1. The molecule has 1 atom stereocenters. The summed E-state index contributed by atoms with van der Waals surface area (Å²) >= 11 is 0. The number of H-pyrrole nitrogens is 1. The van der Waals surface area contributed by atoms with E-state index in [4.69, 9.17) is 4.42 Å². The summed E-state index contributed by atoms with van der Waals surface area (Å²) in [7, 11) is -3.89. The van der Waals surface area contributed by atoms with Crippen molar-refractivity contribution in [3.8, 4) is 0 Å². The summed E-state index contributed by atoms with van der Waals surface area (Å²) in [5.41, 5.74) is 1.08. The molecule has 1 aliphatic heterocycles. The zero-order chi connectivity index (χ0) is 18.3. The van der Waals surface area contributed by atoms with Gasteiger partial charge in [0.05, 0.1) is 16.5 Å². The fourth-order valence-corrected chi connectivity index (χ4v) is 4.98. The molecule has 0 amide bonds. The van der Waals surface area contributed by atoms with Gasteiger partial charge in [-0.2, -0.15) is 4.31 Å². The van der Waals surface area contributed by atoms with Gasteiger partial charge in [0.2, 0.25) is 10.0 Å². The molecule has 0 saturated carbocycles. The van der Waals surface area contributed by atoms with Gasteiger partial charge in [0, 0.05) is 18.2 Å². The molecule has 1 N–H and O–H groups in total. The Morgan fingerprint density at radius 1 is 1.15 bits per heavy atom. The van der Waals surface area contributed by atoms with Gasteiger partial charge in [-0.05, 0) is 25.0 Å². The molecule has 0 radical (unpaired) electrons. The number of nitrogens with one attached hydrogen (secondary N) is 1. The second-order valence-corrected chi connectivity index (χ2v) is 8.07. The maximum absolute atomic E-state index is 13.1. The lowest BCUT2D eigenvalue weighted by Crippen LogP contribution is -2.40. The molecule has 1 fully saturated rings. The molecule has 2 aromatic carbocycles. The molecule has 1 unspecified atom stereocenters. The van der Waals surface area contributed by atoms with Crippen LogP contribution < -0.4 is 5.76 Å². The summed E-state index contributed by atoms with van der Waals surface area (Å²) in [5.74, 6) is -0.853. The predicted octanol–water partition coefficient (Wildman–Crippen LogP) is 2.16. The smallest absolute Gasteiger partial charge is 0.408 e. The molecule has 4 rings (SSSR count). The number of Topliss-reactive ketones (excluding diaryl/α,β-unsaturated/α-hetero) is 1. The fourth-order valence-electron chi connectivity index (χ4n) is 3.31. The van der Waals surface area contributed by atoms with Gasteiger partial charge in [-0.1, -0.05) is 30.3 Å². The SMILES string of the molecule is O=C(c1ccccc1)C1CCCN1S(=O)(=O)c1ccc2[nH]c(=O)oc2c1. The molecule has 0 bridgehead atoms. The number of sulfonamides is 1. The zero-order valence-electron chi connectivity index (χ0n) is 13.7. The predicted molar refractivity (Wildman–Crippen MR) is 94.5 cm³/mol. The molecular weight excluding hydrogens is 356 g/mol. The first kappa shape index (κ1) is 16.7. The number of hydrogen-bond donors (Lipinski definition) is 1. The van der Waals surface area contributed by atoms with E-state index in [2.05, 4.69) is 4.98 Å². The summed E-state index contributed by atoms with van der Waals surface area (Å²) in [6.45, 7) is 0.278. The number of benzene rings is 2. The highest BCUT2D eigenvalue weighted by Gasteiger charge is 2.39. The molecule has 8 heteroatoms. The summed E-state index contributed by atoms with van der Waals surface area (Å²) in [5, 5.41) is 0. The van der Waals surface area contributed by atoms with Gasteiger partial charge in [0.1, 0.15) is 0 Å². The monoisotopic (exact) mass is 372 g/mol. The number of carbonyl (C=O) groups excluding carboxylic acids is 1. The first-order valence-corrected chi connectivity index (χ1v) is 9.65. The van der Waals surface area contributed by atoms with Crippen molar-refractivity contribution >= 4 is 26.9 Å². The molecule has 134 valence electrons. The Bertz CT molecular complexity index is 1130. The van der Waals surface area contributed by atoms with Crippen LogP contribution in [-0.2, 0) is 10.0 Å². The van der Waals surface area contributed by atoms with Gasteiger partial charge in [-0.3, -0.25) is 9.78 Å². The van der Waals surface area contributed by atoms with E-state index < -0.39 is 21.8 Å². The molecule has 2 heterocycles. The van der Waals surface area contributed by atoms with Crippen molar-refractivity contribution in [1.82, 2.24) is 9.29 Å². The Kier molecular flexibility index (Phi) is 4.01. The van der Waals surface area contributed by atoms with Crippen molar-refractivity contribution in [2.45, 2.75) is 23.8 Å². The Labute approximate surface area is 149 Å². The highest BCUT2D eigenvalue weighted by atomic mass is 32.2. The molecule has 3 aromatic rings. The second-order valence-electron chi connectivity index (χ2n) is 6.18. The van der Waals surface area contributed by atoms with Crippen molar-refractivity contribution in [2.24, 2.45) is 0 Å². The van der Waals surface area contributed by atoms with Gasteiger partial charge in [0.25, 0.3) is 0 Å². The van der Waals surface area contributed by atoms with E-state index in [1.54, 1.807) is 30.3 Å². The van der Waals surface area contributed by atoms with Crippen LogP contribution >= 0.6 is 0 Å². The zero-order valence-corrected chi connectivity index (χ0v) is 14.5. The van der Waals surface area contributed by atoms with Crippen LogP contribution in [0.5, 0.6) is 0 Å². The third-order valence-corrected chi connectivity index (χ3v) is 6.47. The quantitative estimate of drug-likeness (QED) is 0.707. The molecule has 1 aromatic heterocycles. The minimum atomic E-state index is -3.89. The molecule has 26 heavy (non-hydrogen) atoms. The number of fused-ring (bicyclic) bond motifs is 1. The first-order valence-electron chi connectivity index (χ1n) is 8.21. The summed E-state index contributed by atoms with van der Waals surface area (Å²) in [4.78, 5) is 26.5. The summed E-state index contributed by atoms with van der Waals surface area (Å²) in [6.07, 6.45) is 1.10. The van der Waals surface area contributed by atoms with Crippen LogP contribution in [0.25, 0.3) is 11.1 Å². The van der Waals surface area contributed by atoms with Crippen molar-refractivity contribution in [1.29, 1.82) is 0 Å². The third kappa shape index (κ3) is 2.77. The number of aromatic nitrogens is 1. The molecule has 1 saturated heterocycles. The number of oxazole rings is 1. The average Bonchev–Trinajstić information content (AvgIpc) is 3.27. The third-order valence-electron chi connectivity index (χ3n) is 4.56. The van der Waals surface area contributed by atoms with Gasteiger partial charge < -0.3 is 4.42 Å². The number of rotatable bonds is 4. The topological polar surface area (TPSA) is 100 Å². The van der Waals surface area contributed by atoms with E-state index in [0.717, 1.165) is 0 Å². The van der Waals surface area contributed by atoms with Crippen LogP contribution in [0.4, 0.5) is 0 Å². The minimum absolute atomic E-state index is 0.000474. The average molecular weight is 372 g/mol. The molecule has 1 aliphatic rings. The van der Waals surface area contributed by atoms with Gasteiger partial charge in [-0.15, -0.1) is 0 Å². The van der Waals surface area contributed by atoms with Crippen LogP contribution in [0, 0.1) is 0 Å². The van der Waals surface area contributed by atoms with Gasteiger partial charge in [0.15, 0.2) is 11.4 Å². The molecule has 7 nitrogen and oxygen atoms in total. The van der Waals surface area contributed by atoms with Crippen LogP contribution in [0.2, 0.25) is 0 Å². The van der Waals surface area contributed by atoms with Gasteiger partial charge in [-0.25, -0.2) is 13.2 Å². The van der Waals surface area contributed by atoms with E-state index >= 15 is 0 Å². The lowest BCUT2D eigenvalue weighted by atomic mass is 10.0. The van der Waals surface area contributed by atoms with E-state index in [9.17, 15) is 18.0 Å². The summed E-state index contributed by atoms with van der Waals surface area (Å²) < 4.78 is 32.3. The molecular formula is C18H16N2O5S. The van der Waals surface area contributed by atoms with Crippen molar-refractivity contribution in [3.05, 3.63) is 64.6 Å². The van der Waals surface area contributed by atoms with Crippen molar-refractivity contribution in [2.75, 3.05) is 6.54 Å². The van der Waals surface area contributed by atoms with E-state index in [1.165, 1.54) is 22.5 Å². The lowest BCUT2D eigenvalue weighted by molar-refractivity contribution is 0.0918. The number of hydrogen-bond acceptors (Lipinski definition) is 5. The molecule has 0 aliphatic carbocycles. The first-order chi connectivity index (χ1) is 12.5. The Balaban J connectivity index is 1.71. The maximum Gasteiger partial charge on any atom is 0.417 e. The molecule has 0 spiro atoms. The number of nitrogens with zero attached hydrogens (tertiary/aromatic N) is 1. The van der Waals surface area contributed by atoms with Gasteiger partial charge >= 0.3 is 5.76 Å². The maximum atomic E-state index is 13.1.